The van der Waals surface area contributed by atoms with E-state index in [1.807, 2.05) is 18.2 Å². The van der Waals surface area contributed by atoms with Gasteiger partial charge in [0.2, 0.25) is 0 Å². The van der Waals surface area contributed by atoms with Crippen molar-refractivity contribution < 1.29 is 0 Å². The molecule has 0 bridgehead atoms. The highest BCUT2D eigenvalue weighted by Gasteiger charge is 2.04. The normalized spacial score (nSPS) is 10.7. The molecule has 0 spiro atoms. The first kappa shape index (κ1) is 15.9. The summed E-state index contributed by atoms with van der Waals surface area (Å²) in [6.45, 7) is 4.98. The molecule has 0 atom stereocenters. The van der Waals surface area contributed by atoms with Crippen molar-refractivity contribution in [2.75, 3.05) is 11.9 Å². The zero-order valence-electron chi connectivity index (χ0n) is 13.2. The van der Waals surface area contributed by atoms with Crippen LogP contribution in [-0.4, -0.2) is 16.6 Å². The van der Waals surface area contributed by atoms with E-state index in [1.54, 1.807) is 11.3 Å². The van der Waals surface area contributed by atoms with Gasteiger partial charge in [0, 0.05) is 18.7 Å². The Morgan fingerprint density at radius 1 is 1.13 bits per heavy atom. The summed E-state index contributed by atoms with van der Waals surface area (Å²) in [6, 6.07) is 14.5. The molecule has 0 saturated carbocycles. The van der Waals surface area contributed by atoms with Crippen LogP contribution in [0.1, 0.15) is 16.1 Å². The van der Waals surface area contributed by atoms with E-state index in [2.05, 4.69) is 53.7 Å². The lowest BCUT2D eigenvalue weighted by Crippen LogP contribution is -2.30. The van der Waals surface area contributed by atoms with Crippen LogP contribution in [-0.2, 0) is 6.42 Å². The van der Waals surface area contributed by atoms with E-state index in [1.165, 1.54) is 15.8 Å². The summed E-state index contributed by atoms with van der Waals surface area (Å²) in [6.07, 6.45) is 0.869. The van der Waals surface area contributed by atoms with Crippen LogP contribution in [0.25, 0.3) is 10.2 Å². The second-order valence-electron chi connectivity index (χ2n) is 5.51. The Hall–Kier alpha value is -1.98. The number of nitrogens with zero attached hydrogens (tertiary/aromatic N) is 1. The van der Waals surface area contributed by atoms with Gasteiger partial charge in [0.1, 0.15) is 0 Å². The fourth-order valence-electron chi connectivity index (χ4n) is 2.30. The van der Waals surface area contributed by atoms with E-state index in [9.17, 15) is 0 Å². The lowest BCUT2D eigenvalue weighted by atomic mass is 10.1. The monoisotopic (exact) mass is 341 g/mol. The molecule has 1 aromatic heterocycles. The van der Waals surface area contributed by atoms with E-state index in [0.29, 0.717) is 5.11 Å². The second-order valence-corrected chi connectivity index (χ2v) is 7.03. The highest BCUT2D eigenvalue weighted by Crippen LogP contribution is 2.21. The molecule has 0 aliphatic heterocycles. The number of anilines is 1. The number of para-hydroxylation sites is 1. The standard InChI is InChI=1S/C18H19N3S2/c1-12-7-8-14(11-13(12)2)20-18(22)19-10-9-17-21-15-5-3-4-6-16(15)23-17/h3-8,11H,9-10H2,1-2H3,(H2,19,20,22). The van der Waals surface area contributed by atoms with Crippen molar-refractivity contribution >= 4 is 44.6 Å². The number of thiocarbonyl (C=S) groups is 1. The van der Waals surface area contributed by atoms with E-state index in [4.69, 9.17) is 12.2 Å². The Morgan fingerprint density at radius 3 is 2.74 bits per heavy atom. The smallest absolute Gasteiger partial charge is 0.170 e. The maximum absolute atomic E-state index is 5.35. The summed E-state index contributed by atoms with van der Waals surface area (Å²) in [7, 11) is 0. The molecule has 118 valence electrons. The minimum atomic E-state index is 0.648. The van der Waals surface area contributed by atoms with Gasteiger partial charge in [-0.2, -0.15) is 0 Å². The summed E-state index contributed by atoms with van der Waals surface area (Å²) in [4.78, 5) is 4.63. The number of hydrogen-bond donors (Lipinski definition) is 2. The number of rotatable bonds is 4. The second kappa shape index (κ2) is 7.06. The predicted octanol–water partition coefficient (Wildman–Crippen LogP) is 4.44. The van der Waals surface area contributed by atoms with Crippen LogP contribution < -0.4 is 10.6 Å². The van der Waals surface area contributed by atoms with Crippen molar-refractivity contribution in [2.45, 2.75) is 20.3 Å². The van der Waals surface area contributed by atoms with Gasteiger partial charge in [-0.15, -0.1) is 11.3 Å². The molecule has 23 heavy (non-hydrogen) atoms. The number of benzene rings is 2. The molecule has 3 rings (SSSR count). The van der Waals surface area contributed by atoms with Crippen LogP contribution in [0.5, 0.6) is 0 Å². The van der Waals surface area contributed by atoms with Crippen LogP contribution in [0.4, 0.5) is 5.69 Å². The fraction of sp³-hybridized carbons (Fsp3) is 0.222. The van der Waals surface area contributed by atoms with Crippen LogP contribution in [0.15, 0.2) is 42.5 Å². The average molecular weight is 342 g/mol. The molecule has 0 amide bonds. The highest BCUT2D eigenvalue weighted by molar-refractivity contribution is 7.80. The highest BCUT2D eigenvalue weighted by atomic mass is 32.1. The third-order valence-electron chi connectivity index (χ3n) is 3.73. The lowest BCUT2D eigenvalue weighted by molar-refractivity contribution is 0.868. The molecule has 0 aliphatic carbocycles. The summed E-state index contributed by atoms with van der Waals surface area (Å²) < 4.78 is 1.23. The van der Waals surface area contributed by atoms with Crippen LogP contribution in [0.3, 0.4) is 0 Å². The molecule has 0 unspecified atom stereocenters. The van der Waals surface area contributed by atoms with Gasteiger partial charge in [0.05, 0.1) is 15.2 Å². The number of hydrogen-bond acceptors (Lipinski definition) is 3. The first-order valence-corrected chi connectivity index (χ1v) is 8.81. The maximum atomic E-state index is 5.35. The molecule has 1 heterocycles. The predicted molar refractivity (Wildman–Crippen MR) is 103 cm³/mol. The zero-order chi connectivity index (χ0) is 16.2. The van der Waals surface area contributed by atoms with Crippen LogP contribution in [0, 0.1) is 13.8 Å². The summed E-state index contributed by atoms with van der Waals surface area (Å²) in [5, 5.41) is 8.25. The largest absolute Gasteiger partial charge is 0.362 e. The lowest BCUT2D eigenvalue weighted by Gasteiger charge is -2.11. The minimum absolute atomic E-state index is 0.648. The third-order valence-corrected chi connectivity index (χ3v) is 5.07. The molecule has 0 fully saturated rings. The minimum Gasteiger partial charge on any atom is -0.362 e. The van der Waals surface area contributed by atoms with Gasteiger partial charge in [0.25, 0.3) is 0 Å². The molecule has 0 radical (unpaired) electrons. The Morgan fingerprint density at radius 2 is 1.96 bits per heavy atom. The Labute approximate surface area is 145 Å². The zero-order valence-corrected chi connectivity index (χ0v) is 14.9. The average Bonchev–Trinajstić information content (AvgIpc) is 2.93. The summed E-state index contributed by atoms with van der Waals surface area (Å²) >= 11 is 7.09. The summed E-state index contributed by atoms with van der Waals surface area (Å²) in [5.74, 6) is 0. The number of fused-ring (bicyclic) bond motifs is 1. The molecule has 0 saturated heterocycles. The van der Waals surface area contributed by atoms with Crippen molar-refractivity contribution in [3.8, 4) is 0 Å². The van der Waals surface area contributed by atoms with Crippen molar-refractivity contribution in [2.24, 2.45) is 0 Å². The van der Waals surface area contributed by atoms with Crippen LogP contribution >= 0.6 is 23.6 Å². The molecular weight excluding hydrogens is 322 g/mol. The van der Waals surface area contributed by atoms with Gasteiger partial charge in [-0.05, 0) is 61.5 Å². The van der Waals surface area contributed by atoms with Gasteiger partial charge < -0.3 is 10.6 Å². The molecular formula is C18H19N3S2. The van der Waals surface area contributed by atoms with E-state index in [-0.39, 0.29) is 0 Å². The van der Waals surface area contributed by atoms with Crippen LogP contribution in [0.2, 0.25) is 0 Å². The molecule has 5 heteroatoms. The van der Waals surface area contributed by atoms with Gasteiger partial charge in [-0.1, -0.05) is 18.2 Å². The first-order valence-electron chi connectivity index (χ1n) is 7.58. The van der Waals surface area contributed by atoms with E-state index in [0.717, 1.165) is 29.2 Å². The molecule has 3 nitrogen and oxygen atoms in total. The molecule has 2 aromatic carbocycles. The summed E-state index contributed by atoms with van der Waals surface area (Å²) in [5.41, 5.74) is 4.63. The Bertz CT molecular complexity index is 806. The van der Waals surface area contributed by atoms with E-state index < -0.39 is 0 Å². The fourth-order valence-corrected chi connectivity index (χ4v) is 3.49. The third kappa shape index (κ3) is 4.06. The van der Waals surface area contributed by atoms with Gasteiger partial charge in [0.15, 0.2) is 5.11 Å². The van der Waals surface area contributed by atoms with Crippen molar-refractivity contribution in [1.82, 2.24) is 10.3 Å². The maximum Gasteiger partial charge on any atom is 0.170 e. The van der Waals surface area contributed by atoms with E-state index >= 15 is 0 Å². The van der Waals surface area contributed by atoms with Gasteiger partial charge in [-0.25, -0.2) is 4.98 Å². The molecule has 2 N–H and O–H groups in total. The number of thiazole rings is 1. The van der Waals surface area contributed by atoms with Gasteiger partial charge >= 0.3 is 0 Å². The molecule has 0 aliphatic rings. The first-order chi connectivity index (χ1) is 11.1. The number of aryl methyl sites for hydroxylation is 2. The topological polar surface area (TPSA) is 37.0 Å². The van der Waals surface area contributed by atoms with Crippen molar-refractivity contribution in [3.63, 3.8) is 0 Å². The Kier molecular flexibility index (Phi) is 4.88. The quantitative estimate of drug-likeness (QED) is 0.688. The SMILES string of the molecule is Cc1ccc(NC(=S)NCCc2nc3ccccc3s2)cc1C. The van der Waals surface area contributed by atoms with Crippen molar-refractivity contribution in [3.05, 3.63) is 58.6 Å². The number of nitrogens with one attached hydrogen (secondary N) is 2. The molecule has 3 aromatic rings. The van der Waals surface area contributed by atoms with Crippen molar-refractivity contribution in [1.29, 1.82) is 0 Å². The Balaban J connectivity index is 1.51. The van der Waals surface area contributed by atoms with Gasteiger partial charge in [-0.3, -0.25) is 0 Å². The number of aromatic nitrogens is 1.